The van der Waals surface area contributed by atoms with Crippen molar-refractivity contribution in [3.63, 3.8) is 0 Å². The zero-order chi connectivity index (χ0) is 15.9. The van der Waals surface area contributed by atoms with Gasteiger partial charge in [0.15, 0.2) is 5.96 Å². The van der Waals surface area contributed by atoms with Gasteiger partial charge in [-0.05, 0) is 39.5 Å². The molecule has 1 fully saturated rings. The van der Waals surface area contributed by atoms with Crippen molar-refractivity contribution in [3.8, 4) is 0 Å². The van der Waals surface area contributed by atoms with Crippen molar-refractivity contribution >= 4 is 41.3 Å². The van der Waals surface area contributed by atoms with Crippen LogP contribution in [0.1, 0.15) is 61.5 Å². The summed E-state index contributed by atoms with van der Waals surface area (Å²) >= 11 is 1.75. The summed E-state index contributed by atoms with van der Waals surface area (Å²) in [4.78, 5) is 10.6. The fraction of sp³-hybridized carbons (Fsp3) is 0.765. The molecule has 0 saturated heterocycles. The number of hydrogen-bond donors (Lipinski definition) is 2. The van der Waals surface area contributed by atoms with Gasteiger partial charge in [-0.1, -0.05) is 26.2 Å². The zero-order valence-corrected chi connectivity index (χ0v) is 18.0. The predicted octanol–water partition coefficient (Wildman–Crippen LogP) is 4.40. The Morgan fingerprint density at radius 3 is 2.70 bits per heavy atom. The van der Waals surface area contributed by atoms with Crippen LogP contribution in [0.15, 0.2) is 4.99 Å². The van der Waals surface area contributed by atoms with Crippen LogP contribution in [0.25, 0.3) is 0 Å². The third kappa shape index (κ3) is 6.57. The van der Waals surface area contributed by atoms with E-state index in [4.69, 9.17) is 4.99 Å². The summed E-state index contributed by atoms with van der Waals surface area (Å²) in [6.07, 6.45) is 6.55. The summed E-state index contributed by atoms with van der Waals surface area (Å²) in [7, 11) is 0. The highest BCUT2D eigenvalue weighted by atomic mass is 127. The monoisotopic (exact) mass is 450 g/mol. The van der Waals surface area contributed by atoms with Crippen molar-refractivity contribution in [1.82, 2.24) is 15.6 Å². The standard InChI is InChI=1S/C17H30N4S.HI/c1-5-14-8-7-9-15(10-14)21-17(18-6-2)19-11-16-20-12(3)13(4)22-16;/h14-15H,5-11H2,1-4H3,(H2,18,19,21);1H. The Morgan fingerprint density at radius 1 is 1.30 bits per heavy atom. The molecule has 2 unspecified atom stereocenters. The van der Waals surface area contributed by atoms with Crippen molar-refractivity contribution in [2.45, 2.75) is 72.4 Å². The first-order valence-electron chi connectivity index (χ1n) is 8.60. The minimum Gasteiger partial charge on any atom is -0.357 e. The van der Waals surface area contributed by atoms with E-state index >= 15 is 0 Å². The van der Waals surface area contributed by atoms with Crippen molar-refractivity contribution in [2.24, 2.45) is 10.9 Å². The number of halogens is 1. The second-order valence-corrected chi connectivity index (χ2v) is 7.51. The first-order valence-corrected chi connectivity index (χ1v) is 9.41. The van der Waals surface area contributed by atoms with Crippen LogP contribution in [0.3, 0.4) is 0 Å². The van der Waals surface area contributed by atoms with Gasteiger partial charge in [0.25, 0.3) is 0 Å². The fourth-order valence-electron chi connectivity index (χ4n) is 3.06. The van der Waals surface area contributed by atoms with Gasteiger partial charge in [0, 0.05) is 17.5 Å². The lowest BCUT2D eigenvalue weighted by Gasteiger charge is -2.30. The zero-order valence-electron chi connectivity index (χ0n) is 14.8. The molecule has 0 amide bonds. The molecule has 6 heteroatoms. The SMILES string of the molecule is CCNC(=NCc1nc(C)c(C)s1)NC1CCCC(CC)C1.I. The third-order valence-corrected chi connectivity index (χ3v) is 5.55. The molecule has 1 aromatic heterocycles. The van der Waals surface area contributed by atoms with Crippen LogP contribution in [-0.2, 0) is 6.54 Å². The number of aryl methyl sites for hydroxylation is 2. The molecule has 0 aliphatic heterocycles. The van der Waals surface area contributed by atoms with Crippen LogP contribution in [0.2, 0.25) is 0 Å². The highest BCUT2D eigenvalue weighted by Crippen LogP contribution is 2.26. The van der Waals surface area contributed by atoms with Gasteiger partial charge in [-0.3, -0.25) is 0 Å². The lowest BCUT2D eigenvalue weighted by Crippen LogP contribution is -2.45. The summed E-state index contributed by atoms with van der Waals surface area (Å²) in [6, 6.07) is 0.566. The Balaban J connectivity index is 0.00000264. The third-order valence-electron chi connectivity index (χ3n) is 4.49. The fourth-order valence-corrected chi connectivity index (χ4v) is 3.92. The number of nitrogens with one attached hydrogen (secondary N) is 2. The second kappa shape index (κ2) is 10.5. The van der Waals surface area contributed by atoms with Crippen LogP contribution in [0.4, 0.5) is 0 Å². The van der Waals surface area contributed by atoms with E-state index in [2.05, 4.69) is 43.3 Å². The van der Waals surface area contributed by atoms with E-state index in [1.807, 2.05) is 0 Å². The average Bonchev–Trinajstić information content (AvgIpc) is 2.84. The quantitative estimate of drug-likeness (QED) is 0.397. The molecule has 0 bridgehead atoms. The summed E-state index contributed by atoms with van der Waals surface area (Å²) in [5.74, 6) is 1.81. The Hall–Kier alpha value is -0.370. The molecule has 2 N–H and O–H groups in total. The van der Waals surface area contributed by atoms with E-state index in [1.54, 1.807) is 11.3 Å². The molecule has 1 aliphatic rings. The van der Waals surface area contributed by atoms with E-state index in [1.165, 1.54) is 37.0 Å². The Labute approximate surface area is 162 Å². The molecule has 23 heavy (non-hydrogen) atoms. The minimum absolute atomic E-state index is 0. The first kappa shape index (κ1) is 20.7. The number of guanidine groups is 1. The van der Waals surface area contributed by atoms with Crippen LogP contribution in [0, 0.1) is 19.8 Å². The maximum Gasteiger partial charge on any atom is 0.191 e. The average molecular weight is 450 g/mol. The number of aromatic nitrogens is 1. The smallest absolute Gasteiger partial charge is 0.191 e. The Kier molecular flexibility index (Phi) is 9.43. The number of thiazole rings is 1. The van der Waals surface area contributed by atoms with Gasteiger partial charge in [-0.15, -0.1) is 35.3 Å². The molecule has 0 radical (unpaired) electrons. The maximum absolute atomic E-state index is 4.73. The number of aliphatic imine (C=N–C) groups is 1. The lowest BCUT2D eigenvalue weighted by atomic mass is 9.84. The van der Waals surface area contributed by atoms with E-state index in [0.717, 1.165) is 29.1 Å². The van der Waals surface area contributed by atoms with Gasteiger partial charge < -0.3 is 10.6 Å². The van der Waals surface area contributed by atoms with Gasteiger partial charge in [0.1, 0.15) is 5.01 Å². The largest absolute Gasteiger partial charge is 0.357 e. The number of rotatable bonds is 5. The van der Waals surface area contributed by atoms with Gasteiger partial charge in [0.05, 0.1) is 12.2 Å². The minimum atomic E-state index is 0. The molecular weight excluding hydrogens is 419 g/mol. The van der Waals surface area contributed by atoms with E-state index in [0.29, 0.717) is 12.6 Å². The molecule has 2 atom stereocenters. The topological polar surface area (TPSA) is 49.3 Å². The van der Waals surface area contributed by atoms with E-state index < -0.39 is 0 Å². The summed E-state index contributed by atoms with van der Waals surface area (Å²) in [6.45, 7) is 10.2. The van der Waals surface area contributed by atoms with E-state index in [-0.39, 0.29) is 24.0 Å². The van der Waals surface area contributed by atoms with Crippen LogP contribution in [-0.4, -0.2) is 23.5 Å². The Bertz CT molecular complexity index is 481. The maximum atomic E-state index is 4.73. The summed E-state index contributed by atoms with van der Waals surface area (Å²) < 4.78 is 0. The van der Waals surface area contributed by atoms with Crippen molar-refractivity contribution in [3.05, 3.63) is 15.6 Å². The Morgan fingerprint density at radius 2 is 2.09 bits per heavy atom. The van der Waals surface area contributed by atoms with Gasteiger partial charge in [0.2, 0.25) is 0 Å². The highest BCUT2D eigenvalue weighted by Gasteiger charge is 2.21. The number of hydrogen-bond acceptors (Lipinski definition) is 3. The van der Waals surface area contributed by atoms with Crippen LogP contribution in [0.5, 0.6) is 0 Å². The van der Waals surface area contributed by atoms with Crippen molar-refractivity contribution in [1.29, 1.82) is 0 Å². The molecule has 2 rings (SSSR count). The van der Waals surface area contributed by atoms with Crippen LogP contribution >= 0.6 is 35.3 Å². The highest BCUT2D eigenvalue weighted by molar-refractivity contribution is 14.0. The van der Waals surface area contributed by atoms with Gasteiger partial charge in [-0.25, -0.2) is 9.98 Å². The van der Waals surface area contributed by atoms with Gasteiger partial charge >= 0.3 is 0 Å². The van der Waals surface area contributed by atoms with Crippen LogP contribution < -0.4 is 10.6 Å². The van der Waals surface area contributed by atoms with Gasteiger partial charge in [-0.2, -0.15) is 0 Å². The molecule has 4 nitrogen and oxygen atoms in total. The first-order chi connectivity index (χ1) is 10.6. The van der Waals surface area contributed by atoms with Crippen molar-refractivity contribution in [2.75, 3.05) is 6.54 Å². The summed E-state index contributed by atoms with van der Waals surface area (Å²) in [5.41, 5.74) is 1.13. The molecule has 1 aromatic rings. The molecule has 1 saturated carbocycles. The second-order valence-electron chi connectivity index (χ2n) is 6.23. The molecular formula is C17H31IN4S. The lowest BCUT2D eigenvalue weighted by molar-refractivity contribution is 0.298. The number of nitrogens with zero attached hydrogens (tertiary/aromatic N) is 2. The summed E-state index contributed by atoms with van der Waals surface area (Å²) in [5, 5.41) is 8.10. The molecule has 0 aromatic carbocycles. The molecule has 0 spiro atoms. The van der Waals surface area contributed by atoms with E-state index in [9.17, 15) is 0 Å². The predicted molar refractivity (Wildman–Crippen MR) is 111 cm³/mol. The molecule has 1 aliphatic carbocycles. The normalized spacial score (nSPS) is 21.7. The van der Waals surface area contributed by atoms with Crippen molar-refractivity contribution < 1.29 is 0 Å². The molecule has 132 valence electrons. The molecule has 1 heterocycles.